The van der Waals surface area contributed by atoms with E-state index in [9.17, 15) is 4.79 Å². The largest absolute Gasteiger partial charge is 0.342 e. The van der Waals surface area contributed by atoms with E-state index in [1.54, 1.807) is 22.7 Å². The highest BCUT2D eigenvalue weighted by Gasteiger charge is 2.21. The second kappa shape index (κ2) is 4.58. The number of thiazole rings is 1. The lowest BCUT2D eigenvalue weighted by molar-refractivity contribution is -0.133. The molecule has 1 fully saturated rings. The number of hydrogen-bond acceptors (Lipinski definition) is 4. The fraction of sp³-hybridized carbons (Fsp3) is 0.333. The lowest BCUT2D eigenvalue weighted by Crippen LogP contribution is -2.42. The Hall–Kier alpha value is -1.20. The second-order valence-corrected chi connectivity index (χ2v) is 5.84. The van der Waals surface area contributed by atoms with Crippen molar-refractivity contribution in [1.29, 1.82) is 0 Å². The minimum absolute atomic E-state index is 0.208. The van der Waals surface area contributed by atoms with Gasteiger partial charge in [0.05, 0.1) is 17.0 Å². The molecule has 1 amide bonds. The van der Waals surface area contributed by atoms with E-state index in [-0.39, 0.29) is 5.91 Å². The van der Waals surface area contributed by atoms with Crippen LogP contribution in [0, 0.1) is 0 Å². The third-order valence-corrected chi connectivity index (χ3v) is 4.76. The van der Waals surface area contributed by atoms with Gasteiger partial charge in [-0.15, -0.1) is 22.7 Å². The van der Waals surface area contributed by atoms with Crippen molar-refractivity contribution in [3.63, 3.8) is 0 Å². The average Bonchev–Trinajstić information content (AvgIpc) is 2.82. The van der Waals surface area contributed by atoms with Crippen LogP contribution in [-0.4, -0.2) is 28.9 Å². The maximum atomic E-state index is 11.8. The third-order valence-electron chi connectivity index (χ3n) is 2.82. The molecule has 1 saturated heterocycles. The molecular formula is C12H12N2OS2. The Labute approximate surface area is 108 Å². The van der Waals surface area contributed by atoms with Gasteiger partial charge in [0.2, 0.25) is 5.91 Å². The van der Waals surface area contributed by atoms with Crippen molar-refractivity contribution in [3.8, 4) is 9.88 Å². The first-order valence-electron chi connectivity index (χ1n) is 5.59. The summed E-state index contributed by atoms with van der Waals surface area (Å²) < 4.78 is 0. The fourth-order valence-corrected chi connectivity index (χ4v) is 3.37. The molecule has 3 rings (SSSR count). The van der Waals surface area contributed by atoms with Gasteiger partial charge in [-0.1, -0.05) is 6.07 Å². The maximum absolute atomic E-state index is 11.8. The fourth-order valence-electron chi connectivity index (χ4n) is 1.73. The molecule has 0 aromatic carbocycles. The molecule has 5 heteroatoms. The highest BCUT2D eigenvalue weighted by Crippen LogP contribution is 2.28. The predicted molar refractivity (Wildman–Crippen MR) is 70.3 cm³/mol. The molecule has 1 aliphatic heterocycles. The highest BCUT2D eigenvalue weighted by molar-refractivity contribution is 7.20. The van der Waals surface area contributed by atoms with Crippen LogP contribution >= 0.6 is 22.7 Å². The SMILES string of the molecule is O=C(Cc1csc(-c2cccs2)n1)N1CCC1. The lowest BCUT2D eigenvalue weighted by atomic mass is 10.2. The Morgan fingerprint density at radius 1 is 1.41 bits per heavy atom. The Balaban J connectivity index is 1.70. The summed E-state index contributed by atoms with van der Waals surface area (Å²) in [6.45, 7) is 1.83. The minimum Gasteiger partial charge on any atom is -0.342 e. The molecule has 17 heavy (non-hydrogen) atoms. The molecule has 0 N–H and O–H groups in total. The Morgan fingerprint density at radius 3 is 2.94 bits per heavy atom. The number of likely N-dealkylation sites (tertiary alicyclic amines) is 1. The van der Waals surface area contributed by atoms with Crippen LogP contribution in [0.15, 0.2) is 22.9 Å². The van der Waals surface area contributed by atoms with Gasteiger partial charge in [-0.2, -0.15) is 0 Å². The van der Waals surface area contributed by atoms with Crippen molar-refractivity contribution in [2.45, 2.75) is 12.8 Å². The second-order valence-electron chi connectivity index (χ2n) is 4.03. The van der Waals surface area contributed by atoms with E-state index in [4.69, 9.17) is 0 Å². The molecule has 0 spiro atoms. The van der Waals surface area contributed by atoms with Crippen molar-refractivity contribution in [3.05, 3.63) is 28.6 Å². The number of carbonyl (C=O) groups is 1. The lowest BCUT2D eigenvalue weighted by Gasteiger charge is -2.30. The molecule has 0 unspecified atom stereocenters. The van der Waals surface area contributed by atoms with E-state index in [0.717, 1.165) is 30.2 Å². The molecule has 0 atom stereocenters. The zero-order valence-electron chi connectivity index (χ0n) is 9.26. The topological polar surface area (TPSA) is 33.2 Å². The maximum Gasteiger partial charge on any atom is 0.228 e. The van der Waals surface area contributed by atoms with Crippen LogP contribution in [-0.2, 0) is 11.2 Å². The summed E-state index contributed by atoms with van der Waals surface area (Å²) in [5, 5.41) is 5.06. The van der Waals surface area contributed by atoms with Gasteiger partial charge >= 0.3 is 0 Å². The first-order valence-corrected chi connectivity index (χ1v) is 7.35. The van der Waals surface area contributed by atoms with Crippen molar-refractivity contribution < 1.29 is 4.79 Å². The number of thiophene rings is 1. The van der Waals surface area contributed by atoms with Gasteiger partial charge < -0.3 is 4.90 Å². The van der Waals surface area contributed by atoms with Crippen LogP contribution < -0.4 is 0 Å². The normalized spacial score (nSPS) is 14.7. The molecule has 0 saturated carbocycles. The molecule has 0 aliphatic carbocycles. The van der Waals surface area contributed by atoms with Gasteiger partial charge in [0.25, 0.3) is 0 Å². The molecule has 2 aromatic heterocycles. The molecule has 2 aromatic rings. The van der Waals surface area contributed by atoms with Gasteiger partial charge in [0.1, 0.15) is 5.01 Å². The van der Waals surface area contributed by atoms with Crippen LogP contribution in [0.2, 0.25) is 0 Å². The first kappa shape index (κ1) is 10.9. The monoisotopic (exact) mass is 264 g/mol. The summed E-state index contributed by atoms with van der Waals surface area (Å²) in [5.41, 5.74) is 0.898. The predicted octanol–water partition coefficient (Wildman–Crippen LogP) is 2.65. The number of amides is 1. The molecule has 3 nitrogen and oxygen atoms in total. The number of hydrogen-bond donors (Lipinski definition) is 0. The Morgan fingerprint density at radius 2 is 2.29 bits per heavy atom. The molecule has 1 aliphatic rings. The van der Waals surface area contributed by atoms with Crippen molar-refractivity contribution in [2.24, 2.45) is 0 Å². The summed E-state index contributed by atoms with van der Waals surface area (Å²) in [7, 11) is 0. The quantitative estimate of drug-likeness (QED) is 0.854. The van der Waals surface area contributed by atoms with Gasteiger partial charge in [0, 0.05) is 18.5 Å². The van der Waals surface area contributed by atoms with Crippen molar-refractivity contribution in [1.82, 2.24) is 9.88 Å². The molecule has 3 heterocycles. The zero-order valence-corrected chi connectivity index (χ0v) is 10.9. The van der Waals surface area contributed by atoms with E-state index in [1.165, 1.54) is 4.88 Å². The third kappa shape index (κ3) is 2.25. The number of nitrogens with zero attached hydrogens (tertiary/aromatic N) is 2. The minimum atomic E-state index is 0.208. The number of carbonyl (C=O) groups excluding carboxylic acids is 1. The number of rotatable bonds is 3. The van der Waals surface area contributed by atoms with Crippen LogP contribution in [0.4, 0.5) is 0 Å². The molecule has 88 valence electrons. The van der Waals surface area contributed by atoms with Crippen molar-refractivity contribution >= 4 is 28.6 Å². The van der Waals surface area contributed by atoms with Gasteiger partial charge in [-0.3, -0.25) is 4.79 Å². The summed E-state index contributed by atoms with van der Waals surface area (Å²) in [4.78, 5) is 19.4. The van der Waals surface area contributed by atoms with Crippen molar-refractivity contribution in [2.75, 3.05) is 13.1 Å². The number of aromatic nitrogens is 1. The van der Waals surface area contributed by atoms with Crippen LogP contribution in [0.5, 0.6) is 0 Å². The van der Waals surface area contributed by atoms with E-state index in [1.807, 2.05) is 21.7 Å². The van der Waals surface area contributed by atoms with Gasteiger partial charge in [-0.25, -0.2) is 4.98 Å². The Kier molecular flexibility index (Phi) is 2.94. The summed E-state index contributed by atoms with van der Waals surface area (Å²) >= 11 is 3.30. The average molecular weight is 264 g/mol. The smallest absolute Gasteiger partial charge is 0.228 e. The highest BCUT2D eigenvalue weighted by atomic mass is 32.1. The standard InChI is InChI=1S/C12H12N2OS2/c15-11(14-4-2-5-14)7-9-8-17-12(13-9)10-3-1-6-16-10/h1,3,6,8H,2,4-5,7H2. The van der Waals surface area contributed by atoms with Gasteiger partial charge in [0.15, 0.2) is 0 Å². The van der Waals surface area contributed by atoms with Crippen LogP contribution in [0.3, 0.4) is 0 Å². The van der Waals surface area contributed by atoms with Crippen LogP contribution in [0.1, 0.15) is 12.1 Å². The van der Waals surface area contributed by atoms with Crippen LogP contribution in [0.25, 0.3) is 9.88 Å². The molecular weight excluding hydrogens is 252 g/mol. The molecule has 0 bridgehead atoms. The molecule has 0 radical (unpaired) electrons. The van der Waals surface area contributed by atoms with Gasteiger partial charge in [-0.05, 0) is 17.9 Å². The van der Waals surface area contributed by atoms with E-state index >= 15 is 0 Å². The summed E-state index contributed by atoms with van der Waals surface area (Å²) in [5.74, 6) is 0.208. The Bertz CT molecular complexity index is 514. The summed E-state index contributed by atoms with van der Waals surface area (Å²) in [6.07, 6.45) is 1.59. The van der Waals surface area contributed by atoms with E-state index in [2.05, 4.69) is 11.1 Å². The zero-order chi connectivity index (χ0) is 11.7. The van der Waals surface area contributed by atoms with E-state index < -0.39 is 0 Å². The first-order chi connectivity index (χ1) is 8.33. The summed E-state index contributed by atoms with van der Waals surface area (Å²) in [6, 6.07) is 4.08. The van der Waals surface area contributed by atoms with E-state index in [0.29, 0.717) is 6.42 Å².